The summed E-state index contributed by atoms with van der Waals surface area (Å²) in [7, 11) is -3.96. The van der Waals surface area contributed by atoms with E-state index in [0.717, 1.165) is 9.87 Å². The van der Waals surface area contributed by atoms with Crippen molar-refractivity contribution in [2.75, 3.05) is 16.2 Å². The standard InChI is InChI=1S/C23H18ClN3O4S/c24-17-8-11-21-20(14-17)27(32(29,30)19-4-2-1-3-5-19)15-22(31-21)23(28)26-18-9-6-16(7-10-18)12-13-25/h1-11,14,22H,12,15H2,(H,26,28). The van der Waals surface area contributed by atoms with Crippen molar-refractivity contribution in [3.63, 3.8) is 0 Å². The Morgan fingerprint density at radius 1 is 1.12 bits per heavy atom. The molecule has 3 aromatic carbocycles. The fourth-order valence-electron chi connectivity index (χ4n) is 3.33. The number of halogens is 1. The van der Waals surface area contributed by atoms with Gasteiger partial charge < -0.3 is 10.1 Å². The van der Waals surface area contributed by atoms with Crippen molar-refractivity contribution in [2.24, 2.45) is 0 Å². The van der Waals surface area contributed by atoms with E-state index in [4.69, 9.17) is 21.6 Å². The number of hydrogen-bond donors (Lipinski definition) is 1. The molecule has 32 heavy (non-hydrogen) atoms. The Kier molecular flexibility index (Phi) is 6.04. The second kappa shape index (κ2) is 8.91. The van der Waals surface area contributed by atoms with Crippen LogP contribution in [0.4, 0.5) is 11.4 Å². The molecule has 0 saturated heterocycles. The fraction of sp³-hybridized carbons (Fsp3) is 0.130. The molecule has 0 aromatic heterocycles. The van der Waals surface area contributed by atoms with E-state index >= 15 is 0 Å². The lowest BCUT2D eigenvalue weighted by Gasteiger charge is -2.34. The van der Waals surface area contributed by atoms with E-state index in [1.165, 1.54) is 18.2 Å². The molecule has 3 aromatic rings. The first-order valence-corrected chi connectivity index (χ1v) is 11.5. The molecule has 0 fully saturated rings. The first-order chi connectivity index (χ1) is 15.4. The smallest absolute Gasteiger partial charge is 0.267 e. The van der Waals surface area contributed by atoms with Crippen molar-refractivity contribution in [3.8, 4) is 11.8 Å². The first kappa shape index (κ1) is 21.7. The molecule has 1 N–H and O–H groups in total. The van der Waals surface area contributed by atoms with Crippen molar-refractivity contribution in [3.05, 3.63) is 83.4 Å². The molecule has 1 heterocycles. The van der Waals surface area contributed by atoms with E-state index in [2.05, 4.69) is 11.4 Å². The molecule has 4 rings (SSSR count). The van der Waals surface area contributed by atoms with Crippen LogP contribution < -0.4 is 14.4 Å². The maximum Gasteiger partial charge on any atom is 0.267 e. The second-order valence-electron chi connectivity index (χ2n) is 7.09. The van der Waals surface area contributed by atoms with Gasteiger partial charge in [-0.05, 0) is 48.0 Å². The van der Waals surface area contributed by atoms with Crippen LogP contribution in [0.1, 0.15) is 5.56 Å². The van der Waals surface area contributed by atoms with E-state index in [-0.39, 0.29) is 29.3 Å². The van der Waals surface area contributed by atoms with Gasteiger partial charge in [0.1, 0.15) is 5.75 Å². The van der Waals surface area contributed by atoms with Crippen molar-refractivity contribution in [1.29, 1.82) is 5.26 Å². The number of amides is 1. The van der Waals surface area contributed by atoms with Gasteiger partial charge in [-0.25, -0.2) is 8.42 Å². The van der Waals surface area contributed by atoms with Gasteiger partial charge in [0.15, 0.2) is 6.10 Å². The lowest BCUT2D eigenvalue weighted by atomic mass is 10.1. The molecule has 1 atom stereocenters. The highest BCUT2D eigenvalue weighted by Crippen LogP contribution is 2.39. The average molecular weight is 468 g/mol. The van der Waals surface area contributed by atoms with Crippen LogP contribution in [0.15, 0.2) is 77.7 Å². The summed E-state index contributed by atoms with van der Waals surface area (Å²) >= 11 is 6.10. The zero-order chi connectivity index (χ0) is 22.7. The molecule has 1 unspecified atom stereocenters. The molecule has 9 heteroatoms. The van der Waals surface area contributed by atoms with Crippen molar-refractivity contribution >= 4 is 38.9 Å². The molecular formula is C23H18ClN3O4S. The van der Waals surface area contributed by atoms with E-state index in [9.17, 15) is 13.2 Å². The Morgan fingerprint density at radius 3 is 2.53 bits per heavy atom. The SMILES string of the molecule is N#CCc1ccc(NC(=O)C2CN(S(=O)(=O)c3ccccc3)c3cc(Cl)ccc3O2)cc1. The van der Waals surface area contributed by atoms with Gasteiger partial charge in [-0.2, -0.15) is 5.26 Å². The summed E-state index contributed by atoms with van der Waals surface area (Å²) in [6.45, 7) is -0.219. The van der Waals surface area contributed by atoms with E-state index in [1.807, 2.05) is 0 Å². The topological polar surface area (TPSA) is 99.5 Å². The summed E-state index contributed by atoms with van der Waals surface area (Å²) in [5.74, 6) is -0.253. The molecule has 1 amide bonds. The maximum atomic E-state index is 13.4. The molecule has 0 aliphatic carbocycles. The molecule has 1 aliphatic heterocycles. The molecule has 162 valence electrons. The maximum absolute atomic E-state index is 13.4. The molecule has 0 bridgehead atoms. The number of ether oxygens (including phenoxy) is 1. The summed E-state index contributed by atoms with van der Waals surface area (Å²) in [4.78, 5) is 13.0. The van der Waals surface area contributed by atoms with Crippen LogP contribution in [0.5, 0.6) is 5.75 Å². The number of nitriles is 1. The van der Waals surface area contributed by atoms with Crippen LogP contribution in [0, 0.1) is 11.3 Å². The van der Waals surface area contributed by atoms with Gasteiger partial charge >= 0.3 is 0 Å². The lowest BCUT2D eigenvalue weighted by molar-refractivity contribution is -0.122. The van der Waals surface area contributed by atoms with Crippen molar-refractivity contribution < 1.29 is 17.9 Å². The van der Waals surface area contributed by atoms with E-state index < -0.39 is 22.0 Å². The number of anilines is 2. The molecule has 1 aliphatic rings. The van der Waals surface area contributed by atoms with Crippen molar-refractivity contribution in [2.45, 2.75) is 17.4 Å². The van der Waals surface area contributed by atoms with Crippen LogP contribution in [-0.2, 0) is 21.2 Å². The highest BCUT2D eigenvalue weighted by atomic mass is 35.5. The number of rotatable bonds is 5. The van der Waals surface area contributed by atoms with Crippen LogP contribution in [0.2, 0.25) is 5.02 Å². The number of hydrogen-bond acceptors (Lipinski definition) is 5. The van der Waals surface area contributed by atoms with Crippen LogP contribution in [0.25, 0.3) is 0 Å². The van der Waals surface area contributed by atoms with Gasteiger partial charge in [-0.1, -0.05) is 41.9 Å². The third-order valence-corrected chi connectivity index (χ3v) is 6.95. The summed E-state index contributed by atoms with van der Waals surface area (Å²) in [5.41, 5.74) is 1.61. The summed E-state index contributed by atoms with van der Waals surface area (Å²) in [6, 6.07) is 21.5. The Bertz CT molecular complexity index is 1290. The first-order valence-electron chi connectivity index (χ1n) is 9.69. The quantitative estimate of drug-likeness (QED) is 0.611. The molecule has 0 spiro atoms. The van der Waals surface area contributed by atoms with Gasteiger partial charge in [0.2, 0.25) is 0 Å². The van der Waals surface area contributed by atoms with Crippen molar-refractivity contribution in [1.82, 2.24) is 0 Å². The van der Waals surface area contributed by atoms with Gasteiger partial charge in [0, 0.05) is 10.7 Å². The summed E-state index contributed by atoms with van der Waals surface area (Å²) in [6.07, 6.45) is -0.813. The predicted octanol–water partition coefficient (Wildman–Crippen LogP) is 4.00. The van der Waals surface area contributed by atoms with Gasteiger partial charge in [-0.3, -0.25) is 9.10 Å². The number of sulfonamides is 1. The minimum atomic E-state index is -3.96. The number of nitrogens with zero attached hydrogens (tertiary/aromatic N) is 2. The molecular weight excluding hydrogens is 450 g/mol. The number of carbonyl (C=O) groups is 1. The Balaban J connectivity index is 1.63. The zero-order valence-corrected chi connectivity index (χ0v) is 18.3. The summed E-state index contributed by atoms with van der Waals surface area (Å²) < 4.78 is 33.7. The molecule has 0 saturated carbocycles. The Morgan fingerprint density at radius 2 is 1.84 bits per heavy atom. The van der Waals surface area contributed by atoms with Gasteiger partial charge in [0.05, 0.1) is 29.6 Å². The van der Waals surface area contributed by atoms with Gasteiger partial charge in [0.25, 0.3) is 15.9 Å². The highest BCUT2D eigenvalue weighted by molar-refractivity contribution is 7.92. The van der Waals surface area contributed by atoms with Gasteiger partial charge in [-0.15, -0.1) is 0 Å². The summed E-state index contributed by atoms with van der Waals surface area (Å²) in [5, 5.41) is 11.9. The van der Waals surface area contributed by atoms with Crippen LogP contribution in [0.3, 0.4) is 0 Å². The van der Waals surface area contributed by atoms with Crippen LogP contribution >= 0.6 is 11.6 Å². The lowest BCUT2D eigenvalue weighted by Crippen LogP contribution is -2.48. The monoisotopic (exact) mass is 467 g/mol. The Labute approximate surface area is 190 Å². The normalized spacial score (nSPS) is 15.2. The Hall–Kier alpha value is -3.54. The molecule has 0 radical (unpaired) electrons. The number of carbonyl (C=O) groups excluding carboxylic acids is 1. The minimum Gasteiger partial charge on any atom is -0.476 e. The number of fused-ring (bicyclic) bond motifs is 1. The largest absolute Gasteiger partial charge is 0.476 e. The van der Waals surface area contributed by atoms with Crippen LogP contribution in [-0.4, -0.2) is 27.0 Å². The molecule has 7 nitrogen and oxygen atoms in total. The third kappa shape index (κ3) is 4.40. The minimum absolute atomic E-state index is 0.0973. The predicted molar refractivity (Wildman–Crippen MR) is 121 cm³/mol. The zero-order valence-electron chi connectivity index (χ0n) is 16.7. The highest BCUT2D eigenvalue weighted by Gasteiger charge is 2.37. The number of benzene rings is 3. The second-order valence-corrected chi connectivity index (χ2v) is 9.39. The number of nitrogens with one attached hydrogen (secondary N) is 1. The third-order valence-electron chi connectivity index (χ3n) is 4.92. The fourth-order valence-corrected chi connectivity index (χ4v) is 4.98. The van der Waals surface area contributed by atoms with E-state index in [1.54, 1.807) is 54.6 Å². The van der Waals surface area contributed by atoms with E-state index in [0.29, 0.717) is 10.7 Å². The average Bonchev–Trinajstić information content (AvgIpc) is 2.80.